The Kier molecular flexibility index (Phi) is 4.08. The normalized spacial score (nSPS) is 24.2. The third-order valence-corrected chi connectivity index (χ3v) is 6.39. The predicted molar refractivity (Wildman–Crippen MR) is 59.0 cm³/mol. The van der Waals surface area contributed by atoms with Gasteiger partial charge in [-0.15, -0.1) is 0 Å². The Bertz CT molecular complexity index is 453. The average Bonchev–Trinajstić information content (AvgIpc) is 2.14. The first kappa shape index (κ1) is 13.6. The van der Waals surface area contributed by atoms with Crippen molar-refractivity contribution in [3.63, 3.8) is 0 Å². The van der Waals surface area contributed by atoms with Gasteiger partial charge >= 0.3 is 0 Å². The SMILES string of the molecule is CS(=O)(=O)CS(=O)(=O)N1CCCC(C=O)C1. The second-order valence-electron chi connectivity index (χ2n) is 4.05. The van der Waals surface area contributed by atoms with E-state index in [2.05, 4.69) is 0 Å². The van der Waals surface area contributed by atoms with Crippen LogP contribution >= 0.6 is 0 Å². The lowest BCUT2D eigenvalue weighted by molar-refractivity contribution is -0.112. The minimum absolute atomic E-state index is 0.0986. The van der Waals surface area contributed by atoms with Crippen LogP contribution in [0.2, 0.25) is 0 Å². The summed E-state index contributed by atoms with van der Waals surface area (Å²) in [6, 6.07) is 0. The van der Waals surface area contributed by atoms with Crippen LogP contribution in [-0.4, -0.2) is 51.9 Å². The molecule has 1 heterocycles. The van der Waals surface area contributed by atoms with E-state index in [1.54, 1.807) is 0 Å². The van der Waals surface area contributed by atoms with Crippen molar-refractivity contribution >= 4 is 26.1 Å². The van der Waals surface area contributed by atoms with Gasteiger partial charge in [0.25, 0.3) is 0 Å². The lowest BCUT2D eigenvalue weighted by Crippen LogP contribution is -2.42. The molecule has 0 bridgehead atoms. The zero-order valence-corrected chi connectivity index (χ0v) is 10.6. The van der Waals surface area contributed by atoms with E-state index in [0.717, 1.165) is 16.8 Å². The van der Waals surface area contributed by atoms with Gasteiger partial charge in [0.1, 0.15) is 6.29 Å². The summed E-state index contributed by atoms with van der Waals surface area (Å²) in [5.41, 5.74) is 0. The van der Waals surface area contributed by atoms with Crippen LogP contribution < -0.4 is 0 Å². The smallest absolute Gasteiger partial charge is 0.228 e. The van der Waals surface area contributed by atoms with Crippen LogP contribution in [0.5, 0.6) is 0 Å². The number of carbonyl (C=O) groups excluding carboxylic acids is 1. The third kappa shape index (κ3) is 3.84. The van der Waals surface area contributed by atoms with Crippen molar-refractivity contribution in [2.45, 2.75) is 12.8 Å². The summed E-state index contributed by atoms with van der Waals surface area (Å²) in [6.45, 7) is 0.392. The van der Waals surface area contributed by atoms with Gasteiger partial charge in [0.15, 0.2) is 14.9 Å². The highest BCUT2D eigenvalue weighted by atomic mass is 32.3. The summed E-state index contributed by atoms with van der Waals surface area (Å²) in [5.74, 6) is -0.317. The van der Waals surface area contributed by atoms with Crippen molar-refractivity contribution in [3.05, 3.63) is 0 Å². The van der Waals surface area contributed by atoms with Crippen molar-refractivity contribution in [2.75, 3.05) is 24.4 Å². The molecule has 0 aromatic rings. The van der Waals surface area contributed by atoms with E-state index in [1.807, 2.05) is 0 Å². The van der Waals surface area contributed by atoms with Crippen LogP contribution in [-0.2, 0) is 24.7 Å². The minimum Gasteiger partial charge on any atom is -0.303 e. The number of nitrogens with zero attached hydrogens (tertiary/aromatic N) is 1. The van der Waals surface area contributed by atoms with Crippen LogP contribution in [0.15, 0.2) is 0 Å². The van der Waals surface area contributed by atoms with Gasteiger partial charge in [-0.3, -0.25) is 0 Å². The summed E-state index contributed by atoms with van der Waals surface area (Å²) < 4.78 is 46.4. The van der Waals surface area contributed by atoms with Gasteiger partial charge in [-0.25, -0.2) is 21.1 Å². The maximum absolute atomic E-state index is 11.7. The van der Waals surface area contributed by atoms with E-state index < -0.39 is 24.9 Å². The number of sulfone groups is 1. The lowest BCUT2D eigenvalue weighted by atomic mass is 10.0. The van der Waals surface area contributed by atoms with Gasteiger partial charge in [-0.1, -0.05) is 0 Å². The molecule has 1 saturated heterocycles. The Morgan fingerprint density at radius 3 is 2.44 bits per heavy atom. The highest BCUT2D eigenvalue weighted by molar-refractivity contribution is 8.06. The molecule has 0 N–H and O–H groups in total. The maximum atomic E-state index is 11.7. The summed E-state index contributed by atoms with van der Waals surface area (Å²) >= 11 is 0. The fourth-order valence-electron chi connectivity index (χ4n) is 1.68. The molecule has 1 fully saturated rings. The standard InChI is InChI=1S/C8H15NO5S2/c1-15(11,12)7-16(13,14)9-4-2-3-8(5-9)6-10/h6,8H,2-5,7H2,1H3. The van der Waals surface area contributed by atoms with Gasteiger partial charge in [0, 0.05) is 25.3 Å². The topological polar surface area (TPSA) is 88.6 Å². The second kappa shape index (κ2) is 4.80. The number of carbonyl (C=O) groups is 1. The van der Waals surface area contributed by atoms with Crippen LogP contribution in [0, 0.1) is 5.92 Å². The molecule has 0 aromatic heterocycles. The fraction of sp³-hybridized carbons (Fsp3) is 0.875. The van der Waals surface area contributed by atoms with Crippen LogP contribution in [0.1, 0.15) is 12.8 Å². The average molecular weight is 269 g/mol. The van der Waals surface area contributed by atoms with E-state index in [4.69, 9.17) is 0 Å². The van der Waals surface area contributed by atoms with Gasteiger partial charge < -0.3 is 4.79 Å². The van der Waals surface area contributed by atoms with E-state index in [-0.39, 0.29) is 12.5 Å². The molecule has 0 spiro atoms. The number of rotatable bonds is 4. The lowest BCUT2D eigenvalue weighted by Gasteiger charge is -2.28. The molecule has 8 heteroatoms. The minimum atomic E-state index is -3.80. The first-order valence-corrected chi connectivity index (χ1v) is 8.52. The molecule has 1 aliphatic rings. The highest BCUT2D eigenvalue weighted by Gasteiger charge is 2.31. The molecule has 0 aliphatic carbocycles. The molecule has 1 rings (SSSR count). The monoisotopic (exact) mass is 269 g/mol. The highest BCUT2D eigenvalue weighted by Crippen LogP contribution is 2.18. The second-order valence-corrected chi connectivity index (χ2v) is 8.53. The first-order chi connectivity index (χ1) is 7.24. The summed E-state index contributed by atoms with van der Waals surface area (Å²) in [4.78, 5) is 10.6. The summed E-state index contributed by atoms with van der Waals surface area (Å²) in [6.07, 6.45) is 2.86. The predicted octanol–water partition coefficient (Wildman–Crippen LogP) is -0.771. The maximum Gasteiger partial charge on any atom is 0.228 e. The molecule has 16 heavy (non-hydrogen) atoms. The van der Waals surface area contributed by atoms with Gasteiger partial charge in [-0.05, 0) is 12.8 Å². The molecular weight excluding hydrogens is 254 g/mol. The molecule has 0 saturated carbocycles. The molecule has 1 unspecified atom stereocenters. The molecule has 0 radical (unpaired) electrons. The largest absolute Gasteiger partial charge is 0.303 e. The number of piperidine rings is 1. The molecule has 0 amide bonds. The van der Waals surface area contributed by atoms with Crippen molar-refractivity contribution in [1.29, 1.82) is 0 Å². The molecule has 6 nitrogen and oxygen atoms in total. The zero-order chi connectivity index (χ0) is 12.4. The molecule has 94 valence electrons. The molecule has 1 aliphatic heterocycles. The number of hydrogen-bond donors (Lipinski definition) is 0. The Labute approximate surface area is 95.6 Å². The Hall–Kier alpha value is -0.470. The van der Waals surface area contributed by atoms with Crippen molar-refractivity contribution in [1.82, 2.24) is 4.31 Å². The molecular formula is C8H15NO5S2. The number of hydrogen-bond acceptors (Lipinski definition) is 5. The van der Waals surface area contributed by atoms with E-state index >= 15 is 0 Å². The quantitative estimate of drug-likeness (QED) is 0.625. The zero-order valence-electron chi connectivity index (χ0n) is 9.00. The first-order valence-electron chi connectivity index (χ1n) is 4.85. The van der Waals surface area contributed by atoms with Gasteiger partial charge in [-0.2, -0.15) is 0 Å². The van der Waals surface area contributed by atoms with Crippen molar-refractivity contribution < 1.29 is 21.6 Å². The number of aldehydes is 1. The third-order valence-electron chi connectivity index (χ3n) is 2.37. The number of sulfonamides is 1. The summed E-state index contributed by atoms with van der Waals surface area (Å²) in [5, 5.41) is -0.883. The Morgan fingerprint density at radius 2 is 1.94 bits per heavy atom. The van der Waals surface area contributed by atoms with Crippen molar-refractivity contribution in [3.8, 4) is 0 Å². The van der Waals surface area contributed by atoms with Crippen LogP contribution in [0.25, 0.3) is 0 Å². The Balaban J connectivity index is 2.80. The van der Waals surface area contributed by atoms with E-state index in [1.165, 1.54) is 0 Å². The molecule has 1 atom stereocenters. The van der Waals surface area contributed by atoms with E-state index in [9.17, 15) is 21.6 Å². The fourth-order valence-corrected chi connectivity index (χ4v) is 5.27. The molecule has 0 aromatic carbocycles. The van der Waals surface area contributed by atoms with Gasteiger partial charge in [0.05, 0.1) is 0 Å². The summed E-state index contributed by atoms with van der Waals surface area (Å²) in [7, 11) is -7.37. The Morgan fingerprint density at radius 1 is 1.31 bits per heavy atom. The van der Waals surface area contributed by atoms with E-state index in [0.29, 0.717) is 19.4 Å². The van der Waals surface area contributed by atoms with Gasteiger partial charge in [0.2, 0.25) is 10.0 Å². The van der Waals surface area contributed by atoms with Crippen LogP contribution in [0.4, 0.5) is 0 Å². The van der Waals surface area contributed by atoms with Crippen molar-refractivity contribution in [2.24, 2.45) is 5.92 Å². The van der Waals surface area contributed by atoms with Crippen LogP contribution in [0.3, 0.4) is 0 Å².